The zero-order chi connectivity index (χ0) is 12.7. The smallest absolute Gasteiger partial charge is 0.201 e. The van der Waals surface area contributed by atoms with Crippen molar-refractivity contribution in [3.8, 4) is 0 Å². The average Bonchev–Trinajstić information content (AvgIpc) is 2.92. The Balaban J connectivity index is 2.16. The predicted molar refractivity (Wildman–Crippen MR) is 69.8 cm³/mol. The number of hydrogen-bond donors (Lipinski definition) is 1. The van der Waals surface area contributed by atoms with Crippen molar-refractivity contribution in [1.29, 1.82) is 0 Å². The van der Waals surface area contributed by atoms with Gasteiger partial charge in [-0.25, -0.2) is 4.98 Å². The van der Waals surface area contributed by atoms with Crippen LogP contribution in [0.15, 0.2) is 29.0 Å². The molecule has 1 aromatic carbocycles. The maximum atomic E-state index is 6.00. The SMILES string of the molecule is Nc1nc2cc(Cl)c(Cl)cc2n1Cc1ccon1. The molecule has 92 valence electrons. The van der Waals surface area contributed by atoms with Gasteiger partial charge in [-0.15, -0.1) is 0 Å². The standard InChI is InChI=1S/C11H8Cl2N4O/c12-7-3-9-10(4-8(7)13)17(11(14)15-9)5-6-1-2-18-16-6/h1-4H,5H2,(H2,14,15). The van der Waals surface area contributed by atoms with Crippen molar-refractivity contribution in [2.75, 3.05) is 5.73 Å². The molecule has 0 radical (unpaired) electrons. The minimum absolute atomic E-state index is 0.381. The molecule has 7 heteroatoms. The van der Waals surface area contributed by atoms with Crippen molar-refractivity contribution in [2.45, 2.75) is 6.54 Å². The van der Waals surface area contributed by atoms with Gasteiger partial charge in [-0.3, -0.25) is 0 Å². The summed E-state index contributed by atoms with van der Waals surface area (Å²) in [5, 5.41) is 4.76. The first-order valence-corrected chi connectivity index (χ1v) is 5.91. The van der Waals surface area contributed by atoms with E-state index in [1.807, 2.05) is 0 Å². The van der Waals surface area contributed by atoms with Gasteiger partial charge in [0.2, 0.25) is 5.95 Å². The first kappa shape index (κ1) is 11.4. The minimum Gasteiger partial charge on any atom is -0.369 e. The number of anilines is 1. The molecule has 0 fully saturated rings. The Kier molecular flexibility index (Phi) is 2.65. The summed E-state index contributed by atoms with van der Waals surface area (Å²) in [5.74, 6) is 0.381. The van der Waals surface area contributed by atoms with Crippen LogP contribution in [0.25, 0.3) is 11.0 Å². The first-order chi connectivity index (χ1) is 8.65. The molecule has 0 spiro atoms. The Labute approximate surface area is 112 Å². The second-order valence-corrected chi connectivity index (χ2v) is 4.62. The maximum Gasteiger partial charge on any atom is 0.201 e. The third-order valence-electron chi connectivity index (χ3n) is 2.63. The monoisotopic (exact) mass is 282 g/mol. The van der Waals surface area contributed by atoms with Crippen LogP contribution in [0, 0.1) is 0 Å². The number of fused-ring (bicyclic) bond motifs is 1. The van der Waals surface area contributed by atoms with E-state index in [4.69, 9.17) is 33.5 Å². The van der Waals surface area contributed by atoms with Crippen LogP contribution in [0.4, 0.5) is 5.95 Å². The van der Waals surface area contributed by atoms with Crippen molar-refractivity contribution in [2.24, 2.45) is 0 Å². The van der Waals surface area contributed by atoms with Gasteiger partial charge in [0.05, 0.1) is 27.6 Å². The second-order valence-electron chi connectivity index (χ2n) is 3.80. The summed E-state index contributed by atoms with van der Waals surface area (Å²) in [6.45, 7) is 0.469. The summed E-state index contributed by atoms with van der Waals surface area (Å²) in [5.41, 5.74) is 8.14. The fourth-order valence-corrected chi connectivity index (χ4v) is 2.10. The Morgan fingerprint density at radius 3 is 2.78 bits per heavy atom. The lowest BCUT2D eigenvalue weighted by Crippen LogP contribution is -2.04. The lowest BCUT2D eigenvalue weighted by molar-refractivity contribution is 0.410. The van der Waals surface area contributed by atoms with E-state index in [-0.39, 0.29) is 0 Å². The molecule has 18 heavy (non-hydrogen) atoms. The van der Waals surface area contributed by atoms with Gasteiger partial charge < -0.3 is 14.8 Å². The molecular weight excluding hydrogens is 275 g/mol. The van der Waals surface area contributed by atoms with Gasteiger partial charge in [-0.2, -0.15) is 0 Å². The molecular formula is C11H8Cl2N4O. The highest BCUT2D eigenvalue weighted by Gasteiger charge is 2.12. The molecule has 0 aliphatic rings. The molecule has 0 amide bonds. The normalized spacial score (nSPS) is 11.2. The number of imidazole rings is 1. The van der Waals surface area contributed by atoms with E-state index < -0.39 is 0 Å². The van der Waals surface area contributed by atoms with E-state index in [0.717, 1.165) is 11.2 Å². The number of aromatic nitrogens is 3. The van der Waals surface area contributed by atoms with Gasteiger partial charge in [0, 0.05) is 6.07 Å². The van der Waals surface area contributed by atoms with Crippen molar-refractivity contribution in [3.05, 3.63) is 40.2 Å². The Bertz CT molecular complexity index is 705. The molecule has 5 nitrogen and oxygen atoms in total. The van der Waals surface area contributed by atoms with E-state index in [1.54, 1.807) is 22.8 Å². The number of nitrogens with zero attached hydrogens (tertiary/aromatic N) is 3. The quantitative estimate of drug-likeness (QED) is 0.785. The van der Waals surface area contributed by atoms with E-state index in [0.29, 0.717) is 28.1 Å². The molecule has 2 heterocycles. The summed E-state index contributed by atoms with van der Waals surface area (Å²) in [6.07, 6.45) is 1.51. The lowest BCUT2D eigenvalue weighted by Gasteiger charge is -2.04. The molecule has 2 aromatic heterocycles. The zero-order valence-electron chi connectivity index (χ0n) is 9.10. The molecule has 0 aliphatic heterocycles. The van der Waals surface area contributed by atoms with Crippen LogP contribution in [-0.4, -0.2) is 14.7 Å². The van der Waals surface area contributed by atoms with E-state index in [1.165, 1.54) is 6.26 Å². The van der Waals surface area contributed by atoms with Crippen LogP contribution >= 0.6 is 23.2 Å². The number of nitrogens with two attached hydrogens (primary N) is 1. The predicted octanol–water partition coefficient (Wildman–Crippen LogP) is 2.96. The van der Waals surface area contributed by atoms with E-state index >= 15 is 0 Å². The van der Waals surface area contributed by atoms with E-state index in [2.05, 4.69) is 10.1 Å². The van der Waals surface area contributed by atoms with Gasteiger partial charge in [0.15, 0.2) is 0 Å². The summed E-state index contributed by atoms with van der Waals surface area (Å²) in [4.78, 5) is 4.23. The number of benzene rings is 1. The van der Waals surface area contributed by atoms with E-state index in [9.17, 15) is 0 Å². The first-order valence-electron chi connectivity index (χ1n) is 5.15. The van der Waals surface area contributed by atoms with Gasteiger partial charge in [-0.1, -0.05) is 28.4 Å². The van der Waals surface area contributed by atoms with Gasteiger partial charge >= 0.3 is 0 Å². The van der Waals surface area contributed by atoms with Crippen LogP contribution in [-0.2, 0) is 6.54 Å². The molecule has 3 aromatic rings. The summed E-state index contributed by atoms with van der Waals surface area (Å²) in [7, 11) is 0. The molecule has 0 atom stereocenters. The average molecular weight is 283 g/mol. The number of halogens is 2. The Hall–Kier alpha value is -1.72. The van der Waals surface area contributed by atoms with Crippen molar-refractivity contribution in [3.63, 3.8) is 0 Å². The lowest BCUT2D eigenvalue weighted by atomic mass is 10.3. The number of hydrogen-bond acceptors (Lipinski definition) is 4. The summed E-state index contributed by atoms with van der Waals surface area (Å²) < 4.78 is 6.59. The topological polar surface area (TPSA) is 69.9 Å². The molecule has 0 saturated carbocycles. The second kappa shape index (κ2) is 4.19. The van der Waals surface area contributed by atoms with Gasteiger partial charge in [0.25, 0.3) is 0 Å². The van der Waals surface area contributed by atoms with Crippen LogP contribution in [0.3, 0.4) is 0 Å². The Morgan fingerprint density at radius 2 is 2.06 bits per heavy atom. The van der Waals surface area contributed by atoms with Crippen LogP contribution in [0.2, 0.25) is 10.0 Å². The highest BCUT2D eigenvalue weighted by Crippen LogP contribution is 2.29. The molecule has 0 bridgehead atoms. The van der Waals surface area contributed by atoms with Crippen molar-refractivity contribution in [1.82, 2.24) is 14.7 Å². The fourth-order valence-electron chi connectivity index (χ4n) is 1.79. The van der Waals surface area contributed by atoms with Crippen molar-refractivity contribution < 1.29 is 4.52 Å². The number of rotatable bonds is 2. The van der Waals surface area contributed by atoms with Crippen molar-refractivity contribution >= 4 is 40.2 Å². The minimum atomic E-state index is 0.381. The maximum absolute atomic E-state index is 6.00. The third kappa shape index (κ3) is 1.81. The molecule has 0 unspecified atom stereocenters. The third-order valence-corrected chi connectivity index (χ3v) is 3.35. The zero-order valence-corrected chi connectivity index (χ0v) is 10.6. The highest BCUT2D eigenvalue weighted by atomic mass is 35.5. The summed E-state index contributed by atoms with van der Waals surface area (Å²) in [6, 6.07) is 5.19. The van der Waals surface area contributed by atoms with Crippen LogP contribution in [0.5, 0.6) is 0 Å². The van der Waals surface area contributed by atoms with Crippen LogP contribution < -0.4 is 5.73 Å². The Morgan fingerprint density at radius 1 is 1.28 bits per heavy atom. The van der Waals surface area contributed by atoms with Gasteiger partial charge in [0.1, 0.15) is 12.0 Å². The fraction of sp³-hybridized carbons (Fsp3) is 0.0909. The van der Waals surface area contributed by atoms with Crippen LogP contribution in [0.1, 0.15) is 5.69 Å². The van der Waals surface area contributed by atoms with Gasteiger partial charge in [-0.05, 0) is 12.1 Å². The number of nitrogen functional groups attached to an aromatic ring is 1. The molecule has 0 aliphatic carbocycles. The largest absolute Gasteiger partial charge is 0.369 e. The summed E-state index contributed by atoms with van der Waals surface area (Å²) >= 11 is 11.9. The molecule has 3 rings (SSSR count). The highest BCUT2D eigenvalue weighted by molar-refractivity contribution is 6.42. The molecule has 0 saturated heterocycles. The molecule has 2 N–H and O–H groups in total.